The first-order valence-electron chi connectivity index (χ1n) is 6.41. The zero-order valence-corrected chi connectivity index (χ0v) is 11.3. The minimum atomic E-state index is 0.0456. The van der Waals surface area contributed by atoms with Gasteiger partial charge in [-0.15, -0.1) is 0 Å². The number of aryl methyl sites for hydroxylation is 1. The number of hydrogen-bond acceptors (Lipinski definition) is 4. The van der Waals surface area contributed by atoms with Gasteiger partial charge in [-0.2, -0.15) is 5.26 Å². The molecule has 0 unspecified atom stereocenters. The van der Waals surface area contributed by atoms with Crippen molar-refractivity contribution in [3.63, 3.8) is 0 Å². The second-order valence-electron chi connectivity index (χ2n) is 4.45. The number of hydrogen-bond donors (Lipinski definition) is 2. The lowest BCUT2D eigenvalue weighted by Gasteiger charge is -2.16. The van der Waals surface area contributed by atoms with Gasteiger partial charge >= 0.3 is 0 Å². The predicted octanol–water partition coefficient (Wildman–Crippen LogP) is 1.59. The minimum Gasteiger partial charge on any atom is -0.396 e. The van der Waals surface area contributed by atoms with E-state index in [1.54, 1.807) is 4.57 Å². The van der Waals surface area contributed by atoms with Crippen LogP contribution >= 0.6 is 0 Å². The van der Waals surface area contributed by atoms with Crippen molar-refractivity contribution >= 4 is 0 Å². The van der Waals surface area contributed by atoms with E-state index in [4.69, 9.17) is 15.8 Å². The van der Waals surface area contributed by atoms with Gasteiger partial charge in [0.05, 0.1) is 11.4 Å². The molecule has 2 aromatic rings. The molecule has 1 heterocycles. The molecule has 0 fully saturated rings. The van der Waals surface area contributed by atoms with Crippen LogP contribution in [0, 0.1) is 23.7 Å². The molecule has 0 atom stereocenters. The summed E-state index contributed by atoms with van der Waals surface area (Å²) in [5, 5.41) is 26.2. The summed E-state index contributed by atoms with van der Waals surface area (Å²) in [6.45, 7) is 2.36. The first-order chi connectivity index (χ1) is 9.69. The Morgan fingerprint density at radius 1 is 1.35 bits per heavy atom. The zero-order chi connectivity index (χ0) is 14.5. The van der Waals surface area contributed by atoms with Gasteiger partial charge in [0.1, 0.15) is 6.07 Å². The third-order valence-electron chi connectivity index (χ3n) is 3.08. The lowest BCUT2D eigenvalue weighted by atomic mass is 10.1. The van der Waals surface area contributed by atoms with E-state index in [1.165, 1.54) is 0 Å². The van der Waals surface area contributed by atoms with Crippen LogP contribution in [-0.2, 0) is 6.54 Å². The molecule has 0 saturated carbocycles. The van der Waals surface area contributed by atoms with Crippen LogP contribution in [0.2, 0.25) is 0 Å². The summed E-state index contributed by atoms with van der Waals surface area (Å²) in [7, 11) is 0. The van der Waals surface area contributed by atoms with Crippen molar-refractivity contribution in [3.8, 4) is 17.3 Å². The quantitative estimate of drug-likeness (QED) is 0.883. The highest BCUT2D eigenvalue weighted by atomic mass is 16.3. The van der Waals surface area contributed by atoms with E-state index >= 15 is 0 Å². The van der Waals surface area contributed by atoms with Gasteiger partial charge in [0.25, 0.3) is 0 Å². The summed E-state index contributed by atoms with van der Waals surface area (Å²) in [4.78, 5) is 4.20. The van der Waals surface area contributed by atoms with Crippen LogP contribution in [0.25, 0.3) is 11.3 Å². The molecule has 1 aromatic heterocycles. The standard InChI is InChI=1S/C15H16N4O/c1-11-14(12-6-3-2-4-7-12)19(8-5-9-20)15(17)13(10-16)18-11/h2-4,6-7,17,20H,5,8-9H2,1H3. The number of benzene rings is 1. The number of aromatic nitrogens is 2. The molecule has 0 aliphatic heterocycles. The van der Waals surface area contributed by atoms with Crippen LogP contribution in [0.15, 0.2) is 30.3 Å². The van der Waals surface area contributed by atoms with E-state index < -0.39 is 0 Å². The maximum Gasteiger partial charge on any atom is 0.183 e. The third-order valence-corrected chi connectivity index (χ3v) is 3.08. The normalized spacial score (nSPS) is 10.2. The van der Waals surface area contributed by atoms with E-state index in [-0.39, 0.29) is 17.8 Å². The molecule has 5 heteroatoms. The first-order valence-corrected chi connectivity index (χ1v) is 6.41. The minimum absolute atomic E-state index is 0.0456. The number of rotatable bonds is 4. The highest BCUT2D eigenvalue weighted by Gasteiger charge is 2.13. The lowest BCUT2D eigenvalue weighted by Crippen LogP contribution is -2.27. The molecule has 2 rings (SSSR count). The van der Waals surface area contributed by atoms with E-state index in [1.807, 2.05) is 43.3 Å². The van der Waals surface area contributed by atoms with Crippen molar-refractivity contribution in [2.45, 2.75) is 19.9 Å². The van der Waals surface area contributed by atoms with Gasteiger partial charge in [0, 0.05) is 18.7 Å². The Kier molecular flexibility index (Phi) is 4.28. The number of nitriles is 1. The fourth-order valence-electron chi connectivity index (χ4n) is 2.20. The molecule has 0 bridgehead atoms. The summed E-state index contributed by atoms with van der Waals surface area (Å²) >= 11 is 0. The molecule has 1 aromatic carbocycles. The van der Waals surface area contributed by atoms with Gasteiger partial charge in [0.2, 0.25) is 0 Å². The van der Waals surface area contributed by atoms with Crippen LogP contribution in [0.3, 0.4) is 0 Å². The van der Waals surface area contributed by atoms with Crippen LogP contribution in [0.1, 0.15) is 17.8 Å². The Bertz CT molecular complexity index is 698. The average Bonchev–Trinajstić information content (AvgIpc) is 2.48. The zero-order valence-electron chi connectivity index (χ0n) is 11.3. The van der Waals surface area contributed by atoms with Crippen LogP contribution in [0.4, 0.5) is 0 Å². The molecule has 2 N–H and O–H groups in total. The van der Waals surface area contributed by atoms with Crippen LogP contribution < -0.4 is 5.49 Å². The molecule has 20 heavy (non-hydrogen) atoms. The maximum atomic E-state index is 9.06. The van der Waals surface area contributed by atoms with Crippen molar-refractivity contribution < 1.29 is 5.11 Å². The first kappa shape index (κ1) is 14.0. The summed E-state index contributed by atoms with van der Waals surface area (Å²) in [5.74, 6) is 0. The molecule has 0 aliphatic carbocycles. The highest BCUT2D eigenvalue weighted by Crippen LogP contribution is 2.21. The van der Waals surface area contributed by atoms with Gasteiger partial charge < -0.3 is 9.67 Å². The molecule has 0 radical (unpaired) electrons. The second kappa shape index (κ2) is 6.13. The molecule has 102 valence electrons. The van der Waals surface area contributed by atoms with Crippen LogP contribution in [-0.4, -0.2) is 21.3 Å². The van der Waals surface area contributed by atoms with E-state index in [9.17, 15) is 0 Å². The van der Waals surface area contributed by atoms with Gasteiger partial charge in [-0.05, 0) is 13.3 Å². The van der Waals surface area contributed by atoms with E-state index in [2.05, 4.69) is 4.98 Å². The van der Waals surface area contributed by atoms with Gasteiger partial charge in [-0.3, -0.25) is 5.41 Å². The third kappa shape index (κ3) is 2.60. The van der Waals surface area contributed by atoms with Crippen molar-refractivity contribution in [3.05, 3.63) is 47.2 Å². The molecule has 5 nitrogen and oxygen atoms in total. The number of nitrogens with one attached hydrogen (secondary N) is 1. The Labute approximate surface area is 117 Å². The SMILES string of the molecule is Cc1nc(C#N)c(=N)n(CCCO)c1-c1ccccc1. The summed E-state index contributed by atoms with van der Waals surface area (Å²) in [6.07, 6.45) is 0.532. The van der Waals surface area contributed by atoms with Gasteiger partial charge in [0.15, 0.2) is 11.2 Å². The highest BCUT2D eigenvalue weighted by molar-refractivity contribution is 5.62. The van der Waals surface area contributed by atoms with Crippen LogP contribution in [0.5, 0.6) is 0 Å². The lowest BCUT2D eigenvalue weighted by molar-refractivity contribution is 0.279. The van der Waals surface area contributed by atoms with Gasteiger partial charge in [-0.25, -0.2) is 4.98 Å². The molecule has 0 spiro atoms. The number of nitrogens with zero attached hydrogens (tertiary/aromatic N) is 3. The molecule has 0 aliphatic rings. The van der Waals surface area contributed by atoms with Crippen molar-refractivity contribution in [1.29, 1.82) is 10.7 Å². The largest absolute Gasteiger partial charge is 0.396 e. The molecular formula is C15H16N4O. The van der Waals surface area contributed by atoms with Crippen molar-refractivity contribution in [2.75, 3.05) is 6.61 Å². The summed E-state index contributed by atoms with van der Waals surface area (Å²) < 4.78 is 1.74. The number of aliphatic hydroxyl groups is 1. The monoisotopic (exact) mass is 268 g/mol. The summed E-state index contributed by atoms with van der Waals surface area (Å²) in [6, 6.07) is 11.6. The van der Waals surface area contributed by atoms with Crippen molar-refractivity contribution in [2.24, 2.45) is 0 Å². The molecule has 0 saturated heterocycles. The fourth-order valence-corrected chi connectivity index (χ4v) is 2.20. The Morgan fingerprint density at radius 3 is 2.65 bits per heavy atom. The predicted molar refractivity (Wildman–Crippen MR) is 74.7 cm³/mol. The number of aliphatic hydroxyl groups excluding tert-OH is 1. The van der Waals surface area contributed by atoms with E-state index in [0.29, 0.717) is 18.7 Å². The Morgan fingerprint density at radius 2 is 2.05 bits per heavy atom. The summed E-state index contributed by atoms with van der Waals surface area (Å²) in [5.41, 5.74) is 2.68. The molecule has 0 amide bonds. The Balaban J connectivity index is 2.70. The van der Waals surface area contributed by atoms with Crippen molar-refractivity contribution in [1.82, 2.24) is 9.55 Å². The molecular weight excluding hydrogens is 252 g/mol. The topological polar surface area (TPSA) is 85.7 Å². The van der Waals surface area contributed by atoms with E-state index in [0.717, 1.165) is 11.3 Å². The maximum absolute atomic E-state index is 9.06. The Hall–Kier alpha value is -2.45. The van der Waals surface area contributed by atoms with Gasteiger partial charge in [-0.1, -0.05) is 30.3 Å². The second-order valence-corrected chi connectivity index (χ2v) is 4.45. The fraction of sp³-hybridized carbons (Fsp3) is 0.267. The average molecular weight is 268 g/mol. The smallest absolute Gasteiger partial charge is 0.183 e.